The Morgan fingerprint density at radius 1 is 1.03 bits per heavy atom. The van der Waals surface area contributed by atoms with Crippen LogP contribution in [0.4, 0.5) is 0 Å². The molecule has 7 heteroatoms. The molecule has 3 rings (SSSR count). The molecule has 0 aromatic heterocycles. The van der Waals surface area contributed by atoms with Gasteiger partial charge in [-0.3, -0.25) is 4.79 Å². The van der Waals surface area contributed by atoms with Crippen LogP contribution in [0, 0.1) is 33.6 Å². The van der Waals surface area contributed by atoms with Gasteiger partial charge in [-0.15, -0.1) is 0 Å². The van der Waals surface area contributed by atoms with Gasteiger partial charge in [0.05, 0.1) is 12.0 Å². The molecule has 0 spiro atoms. The van der Waals surface area contributed by atoms with Crippen molar-refractivity contribution >= 4 is 15.9 Å². The van der Waals surface area contributed by atoms with Crippen molar-refractivity contribution in [3.05, 3.63) is 58.1 Å². The van der Waals surface area contributed by atoms with E-state index in [4.69, 9.17) is 4.74 Å². The Morgan fingerprint density at radius 2 is 1.58 bits per heavy atom. The van der Waals surface area contributed by atoms with Crippen molar-refractivity contribution in [1.82, 2.24) is 9.21 Å². The van der Waals surface area contributed by atoms with E-state index in [0.29, 0.717) is 43.9 Å². The molecule has 2 aromatic carbocycles. The molecule has 6 nitrogen and oxygen atoms in total. The molecule has 1 fully saturated rings. The Morgan fingerprint density at radius 3 is 2.06 bits per heavy atom. The molecule has 1 aliphatic rings. The molecule has 1 aliphatic heterocycles. The fraction of sp³-hybridized carbons (Fsp3) is 0.500. The number of aryl methyl sites for hydroxylation is 2. The largest absolute Gasteiger partial charge is 0.497 e. The van der Waals surface area contributed by atoms with Crippen molar-refractivity contribution in [3.63, 3.8) is 0 Å². The van der Waals surface area contributed by atoms with Crippen LogP contribution >= 0.6 is 0 Å². The lowest BCUT2D eigenvalue weighted by Crippen LogP contribution is -2.44. The molecular weight excluding hydrogens is 436 g/mol. The third-order valence-corrected chi connectivity index (χ3v) is 9.10. The zero-order valence-corrected chi connectivity index (χ0v) is 21.5. The molecule has 0 bridgehead atoms. The van der Waals surface area contributed by atoms with Gasteiger partial charge >= 0.3 is 0 Å². The highest BCUT2D eigenvalue weighted by Crippen LogP contribution is 2.31. The molecular formula is C26H36N2O4S. The minimum Gasteiger partial charge on any atom is -0.497 e. The second-order valence-electron chi connectivity index (χ2n) is 8.97. The summed E-state index contributed by atoms with van der Waals surface area (Å²) in [6, 6.07) is 9.77. The molecule has 0 saturated carbocycles. The lowest BCUT2D eigenvalue weighted by Gasteiger charge is -2.34. The molecule has 1 heterocycles. The molecule has 0 aliphatic carbocycles. The summed E-state index contributed by atoms with van der Waals surface area (Å²) in [7, 11) is -1.97. The van der Waals surface area contributed by atoms with Gasteiger partial charge in [0.25, 0.3) is 0 Å². The van der Waals surface area contributed by atoms with Crippen LogP contribution < -0.4 is 4.74 Å². The second kappa shape index (κ2) is 10.3. The maximum Gasteiger partial charge on any atom is 0.243 e. The number of carbonyl (C=O) groups excluding carboxylic acids is 1. The fourth-order valence-corrected chi connectivity index (χ4v) is 6.64. The van der Waals surface area contributed by atoms with Crippen LogP contribution in [0.3, 0.4) is 0 Å². The Balaban J connectivity index is 1.70. The van der Waals surface area contributed by atoms with Gasteiger partial charge < -0.3 is 9.64 Å². The molecule has 180 valence electrons. The van der Waals surface area contributed by atoms with Crippen LogP contribution in [0.5, 0.6) is 5.75 Å². The number of rotatable bonds is 7. The van der Waals surface area contributed by atoms with E-state index in [1.807, 2.05) is 69.9 Å². The number of hydrogen-bond donors (Lipinski definition) is 0. The number of nitrogens with zero attached hydrogens (tertiary/aromatic N) is 2. The third kappa shape index (κ3) is 5.25. The van der Waals surface area contributed by atoms with Gasteiger partial charge in [0.15, 0.2) is 0 Å². The minimum atomic E-state index is -3.60. The molecule has 0 N–H and O–H groups in total. The highest BCUT2D eigenvalue weighted by molar-refractivity contribution is 7.89. The van der Waals surface area contributed by atoms with E-state index in [1.54, 1.807) is 11.4 Å². The van der Waals surface area contributed by atoms with Crippen molar-refractivity contribution in [2.75, 3.05) is 26.7 Å². The van der Waals surface area contributed by atoms with E-state index < -0.39 is 10.0 Å². The second-order valence-corrected chi connectivity index (χ2v) is 10.8. The molecule has 0 radical (unpaired) electrons. The van der Waals surface area contributed by atoms with E-state index >= 15 is 0 Å². The summed E-state index contributed by atoms with van der Waals surface area (Å²) in [6.45, 7) is 11.5. The molecule has 2 aromatic rings. The number of carbonyl (C=O) groups is 1. The van der Waals surface area contributed by atoms with Crippen LogP contribution in [0.25, 0.3) is 0 Å². The quantitative estimate of drug-likeness (QED) is 0.600. The van der Waals surface area contributed by atoms with Gasteiger partial charge in [0, 0.05) is 32.1 Å². The summed E-state index contributed by atoms with van der Waals surface area (Å²) in [4.78, 5) is 15.5. The highest BCUT2D eigenvalue weighted by Gasteiger charge is 2.35. The van der Waals surface area contributed by atoms with E-state index in [9.17, 15) is 13.2 Å². The van der Waals surface area contributed by atoms with Crippen molar-refractivity contribution in [1.29, 1.82) is 0 Å². The summed E-state index contributed by atoms with van der Waals surface area (Å²) in [6.07, 6.45) is 1.08. The van der Waals surface area contributed by atoms with Crippen LogP contribution in [-0.2, 0) is 21.4 Å². The summed E-state index contributed by atoms with van der Waals surface area (Å²) < 4.78 is 33.8. The Labute approximate surface area is 198 Å². The maximum atomic E-state index is 13.5. The molecule has 33 heavy (non-hydrogen) atoms. The Bertz CT molecular complexity index is 1080. The SMILES string of the molecule is CCN(Cc1ccc(OC)cc1)C(=O)C1CCN(S(=O)(=O)c2c(C)c(C)cc(C)c2C)CC1. The van der Waals surface area contributed by atoms with Gasteiger partial charge in [0.1, 0.15) is 5.75 Å². The Kier molecular flexibility index (Phi) is 7.85. The molecule has 0 unspecified atom stereocenters. The van der Waals surface area contributed by atoms with Gasteiger partial charge in [0.2, 0.25) is 15.9 Å². The first-order chi connectivity index (χ1) is 15.6. The summed E-state index contributed by atoms with van der Waals surface area (Å²) in [5, 5.41) is 0. The van der Waals surface area contributed by atoms with Gasteiger partial charge in [-0.05, 0) is 87.4 Å². The van der Waals surface area contributed by atoms with Crippen LogP contribution in [0.1, 0.15) is 47.6 Å². The minimum absolute atomic E-state index is 0.101. The lowest BCUT2D eigenvalue weighted by atomic mass is 9.96. The normalized spacial score (nSPS) is 15.5. The number of sulfonamides is 1. The first-order valence-electron chi connectivity index (χ1n) is 11.6. The number of amides is 1. The number of piperidine rings is 1. The maximum absolute atomic E-state index is 13.5. The summed E-state index contributed by atoms with van der Waals surface area (Å²) in [5.41, 5.74) is 4.64. The van der Waals surface area contributed by atoms with E-state index in [1.165, 1.54) is 0 Å². The zero-order valence-electron chi connectivity index (χ0n) is 20.6. The first-order valence-corrected chi connectivity index (χ1v) is 13.0. The summed E-state index contributed by atoms with van der Waals surface area (Å²) in [5.74, 6) is 0.733. The van der Waals surface area contributed by atoms with Gasteiger partial charge in [-0.1, -0.05) is 18.2 Å². The predicted molar refractivity (Wildman–Crippen MR) is 131 cm³/mol. The zero-order chi connectivity index (χ0) is 24.3. The van der Waals surface area contributed by atoms with Crippen molar-refractivity contribution < 1.29 is 17.9 Å². The van der Waals surface area contributed by atoms with E-state index in [-0.39, 0.29) is 11.8 Å². The van der Waals surface area contributed by atoms with Crippen LogP contribution in [-0.4, -0.2) is 50.3 Å². The van der Waals surface area contributed by atoms with Gasteiger partial charge in [-0.2, -0.15) is 4.31 Å². The van der Waals surface area contributed by atoms with Crippen molar-refractivity contribution in [2.45, 2.75) is 58.9 Å². The van der Waals surface area contributed by atoms with Crippen LogP contribution in [0.15, 0.2) is 35.2 Å². The fourth-order valence-electron chi connectivity index (χ4n) is 4.59. The standard InChI is InChI=1S/C26H36N2O4S/c1-7-27(17-22-8-10-24(32-6)11-9-22)26(29)23-12-14-28(15-13-23)33(30,31)25-20(4)18(2)16-19(3)21(25)5/h8-11,16,23H,7,12-15,17H2,1-6H3. The van der Waals surface area contributed by atoms with E-state index in [2.05, 4.69) is 0 Å². The number of hydrogen-bond acceptors (Lipinski definition) is 4. The molecule has 1 saturated heterocycles. The topological polar surface area (TPSA) is 66.9 Å². The van der Waals surface area contributed by atoms with Crippen molar-refractivity contribution in [3.8, 4) is 5.75 Å². The predicted octanol–water partition coefficient (Wildman–Crippen LogP) is 4.38. The van der Waals surface area contributed by atoms with Crippen LogP contribution in [0.2, 0.25) is 0 Å². The monoisotopic (exact) mass is 472 g/mol. The number of benzene rings is 2. The average molecular weight is 473 g/mol. The Hall–Kier alpha value is -2.38. The molecule has 1 amide bonds. The smallest absolute Gasteiger partial charge is 0.243 e. The number of ether oxygens (including phenoxy) is 1. The van der Waals surface area contributed by atoms with Crippen molar-refractivity contribution in [2.24, 2.45) is 5.92 Å². The average Bonchev–Trinajstić information content (AvgIpc) is 2.81. The lowest BCUT2D eigenvalue weighted by molar-refractivity contribution is -0.137. The highest BCUT2D eigenvalue weighted by atomic mass is 32.2. The summed E-state index contributed by atoms with van der Waals surface area (Å²) >= 11 is 0. The molecule has 0 atom stereocenters. The first kappa shape index (κ1) is 25.2. The third-order valence-electron chi connectivity index (χ3n) is 6.92. The van der Waals surface area contributed by atoms with Gasteiger partial charge in [-0.25, -0.2) is 8.42 Å². The number of methoxy groups -OCH3 is 1. The van der Waals surface area contributed by atoms with E-state index in [0.717, 1.165) is 33.6 Å².